The molecule has 2 aliphatic rings. The first-order valence-electron chi connectivity index (χ1n) is 8.63. The Morgan fingerprint density at radius 2 is 2.28 bits per heavy atom. The lowest BCUT2D eigenvalue weighted by molar-refractivity contribution is -0.110. The van der Waals surface area contributed by atoms with Gasteiger partial charge in [-0.3, -0.25) is 0 Å². The topological polar surface area (TPSA) is 60.4 Å². The summed E-state index contributed by atoms with van der Waals surface area (Å²) in [4.78, 5) is 14.6. The lowest BCUT2D eigenvalue weighted by Crippen LogP contribution is -2.57. The first-order chi connectivity index (χ1) is 12.3. The van der Waals surface area contributed by atoms with Crippen LogP contribution in [0.2, 0.25) is 0 Å². The normalized spacial score (nSPS) is 26.1. The SMILES string of the molecule is Fc1cccnc1OCC12CCCOC1CCN(c1ccncn1)C2. The number of fused-ring (bicyclic) bond motifs is 1. The summed E-state index contributed by atoms with van der Waals surface area (Å²) in [5.41, 5.74) is -0.189. The third kappa shape index (κ3) is 3.28. The minimum atomic E-state index is -0.435. The van der Waals surface area contributed by atoms with E-state index in [2.05, 4.69) is 19.9 Å². The summed E-state index contributed by atoms with van der Waals surface area (Å²) >= 11 is 0. The van der Waals surface area contributed by atoms with Crippen LogP contribution in [0.1, 0.15) is 19.3 Å². The van der Waals surface area contributed by atoms with Crippen molar-refractivity contribution in [3.05, 3.63) is 42.7 Å². The second-order valence-corrected chi connectivity index (χ2v) is 6.68. The van der Waals surface area contributed by atoms with E-state index in [4.69, 9.17) is 9.47 Å². The molecule has 4 heterocycles. The third-order valence-corrected chi connectivity index (χ3v) is 5.10. The Morgan fingerprint density at radius 1 is 1.32 bits per heavy atom. The van der Waals surface area contributed by atoms with Crippen molar-refractivity contribution in [2.75, 3.05) is 31.2 Å². The Bertz CT molecular complexity index is 717. The van der Waals surface area contributed by atoms with Crippen molar-refractivity contribution in [3.63, 3.8) is 0 Å². The van der Waals surface area contributed by atoms with E-state index in [9.17, 15) is 4.39 Å². The number of hydrogen-bond acceptors (Lipinski definition) is 6. The van der Waals surface area contributed by atoms with Crippen molar-refractivity contribution in [2.45, 2.75) is 25.4 Å². The molecular weight excluding hydrogens is 323 g/mol. The van der Waals surface area contributed by atoms with E-state index in [0.29, 0.717) is 6.61 Å². The molecule has 2 saturated heterocycles. The molecule has 2 aromatic rings. The van der Waals surface area contributed by atoms with Gasteiger partial charge in [0.15, 0.2) is 5.82 Å². The van der Waals surface area contributed by atoms with Crippen LogP contribution in [0, 0.1) is 11.2 Å². The van der Waals surface area contributed by atoms with E-state index < -0.39 is 5.82 Å². The summed E-state index contributed by atoms with van der Waals surface area (Å²) in [7, 11) is 0. The zero-order valence-electron chi connectivity index (χ0n) is 14.0. The Hall–Kier alpha value is -2.28. The molecule has 0 bridgehead atoms. The minimum absolute atomic E-state index is 0.0559. The van der Waals surface area contributed by atoms with Gasteiger partial charge in [-0.1, -0.05) is 0 Å². The molecule has 2 aromatic heterocycles. The first kappa shape index (κ1) is 16.2. The highest BCUT2D eigenvalue weighted by Crippen LogP contribution is 2.41. The number of aromatic nitrogens is 3. The van der Waals surface area contributed by atoms with Gasteiger partial charge < -0.3 is 14.4 Å². The number of ether oxygens (including phenoxy) is 2. The molecule has 0 aliphatic carbocycles. The van der Waals surface area contributed by atoms with Crippen molar-refractivity contribution in [1.29, 1.82) is 0 Å². The zero-order chi connectivity index (χ0) is 17.1. The van der Waals surface area contributed by atoms with Gasteiger partial charge in [0, 0.05) is 37.5 Å². The van der Waals surface area contributed by atoms with Crippen molar-refractivity contribution in [3.8, 4) is 5.88 Å². The van der Waals surface area contributed by atoms with E-state index in [0.717, 1.165) is 44.8 Å². The van der Waals surface area contributed by atoms with E-state index in [1.807, 2.05) is 6.07 Å². The van der Waals surface area contributed by atoms with Gasteiger partial charge in [0.25, 0.3) is 0 Å². The van der Waals surface area contributed by atoms with Crippen LogP contribution in [-0.2, 0) is 4.74 Å². The molecule has 2 fully saturated rings. The molecular formula is C18H21FN4O2. The van der Waals surface area contributed by atoms with Crippen LogP contribution < -0.4 is 9.64 Å². The quantitative estimate of drug-likeness (QED) is 0.849. The summed E-state index contributed by atoms with van der Waals surface area (Å²) < 4.78 is 25.7. The fraction of sp³-hybridized carbons (Fsp3) is 0.500. The van der Waals surface area contributed by atoms with Crippen LogP contribution in [0.25, 0.3) is 0 Å². The van der Waals surface area contributed by atoms with E-state index >= 15 is 0 Å². The highest BCUT2D eigenvalue weighted by molar-refractivity contribution is 5.38. The highest BCUT2D eigenvalue weighted by atomic mass is 19.1. The smallest absolute Gasteiger partial charge is 0.250 e. The molecule has 2 unspecified atom stereocenters. The maximum absolute atomic E-state index is 13.9. The standard InChI is InChI=1S/C18H21FN4O2/c19-14-3-1-7-21-17(14)25-12-18-6-2-10-24-15(18)5-9-23(11-18)16-4-8-20-13-22-16/h1,3-4,7-8,13,15H,2,5-6,9-12H2. The number of piperidine rings is 1. The Labute approximate surface area is 146 Å². The number of nitrogens with zero attached hydrogens (tertiary/aromatic N) is 4. The number of halogens is 1. The predicted octanol–water partition coefficient (Wildman–Crippen LogP) is 2.47. The van der Waals surface area contributed by atoms with Crippen LogP contribution in [0.5, 0.6) is 5.88 Å². The fourth-order valence-electron chi connectivity index (χ4n) is 3.86. The monoisotopic (exact) mass is 344 g/mol. The van der Waals surface area contributed by atoms with Crippen LogP contribution in [0.15, 0.2) is 36.9 Å². The van der Waals surface area contributed by atoms with Gasteiger partial charge in [-0.25, -0.2) is 19.3 Å². The molecule has 0 N–H and O–H groups in total. The molecule has 0 radical (unpaired) electrons. The van der Waals surface area contributed by atoms with Crippen LogP contribution >= 0.6 is 0 Å². The van der Waals surface area contributed by atoms with Gasteiger partial charge >= 0.3 is 0 Å². The second-order valence-electron chi connectivity index (χ2n) is 6.68. The van der Waals surface area contributed by atoms with Crippen molar-refractivity contribution < 1.29 is 13.9 Å². The second kappa shape index (κ2) is 6.92. The molecule has 0 saturated carbocycles. The largest absolute Gasteiger partial charge is 0.475 e. The van der Waals surface area contributed by atoms with Gasteiger partial charge in [0.1, 0.15) is 12.1 Å². The first-order valence-corrected chi connectivity index (χ1v) is 8.63. The Balaban J connectivity index is 1.55. The van der Waals surface area contributed by atoms with Crippen molar-refractivity contribution >= 4 is 5.82 Å². The van der Waals surface area contributed by atoms with E-state index in [-0.39, 0.29) is 17.4 Å². The van der Waals surface area contributed by atoms with Crippen LogP contribution in [0.3, 0.4) is 0 Å². The summed E-state index contributed by atoms with van der Waals surface area (Å²) in [6, 6.07) is 4.84. The zero-order valence-corrected chi connectivity index (χ0v) is 14.0. The maximum Gasteiger partial charge on any atom is 0.250 e. The summed E-state index contributed by atoms with van der Waals surface area (Å²) in [6.45, 7) is 2.80. The number of anilines is 1. The third-order valence-electron chi connectivity index (χ3n) is 5.10. The molecule has 0 aromatic carbocycles. The number of pyridine rings is 1. The van der Waals surface area contributed by atoms with Gasteiger partial charge in [-0.2, -0.15) is 0 Å². The van der Waals surface area contributed by atoms with Gasteiger partial charge in [0.05, 0.1) is 12.7 Å². The highest BCUT2D eigenvalue weighted by Gasteiger charge is 2.47. The van der Waals surface area contributed by atoms with Crippen molar-refractivity contribution in [2.24, 2.45) is 5.41 Å². The maximum atomic E-state index is 13.9. The van der Waals surface area contributed by atoms with Crippen LogP contribution in [0.4, 0.5) is 10.2 Å². The minimum Gasteiger partial charge on any atom is -0.475 e. The lowest BCUT2D eigenvalue weighted by Gasteiger charge is -2.50. The Kier molecular flexibility index (Phi) is 4.48. The Morgan fingerprint density at radius 3 is 3.12 bits per heavy atom. The molecule has 6 nitrogen and oxygen atoms in total. The number of rotatable bonds is 4. The molecule has 0 amide bonds. The molecule has 2 atom stereocenters. The molecule has 2 aliphatic heterocycles. The van der Waals surface area contributed by atoms with Crippen molar-refractivity contribution in [1.82, 2.24) is 15.0 Å². The predicted molar refractivity (Wildman–Crippen MR) is 90.0 cm³/mol. The molecule has 25 heavy (non-hydrogen) atoms. The van der Waals surface area contributed by atoms with Gasteiger partial charge in [-0.15, -0.1) is 0 Å². The summed E-state index contributed by atoms with van der Waals surface area (Å²) in [6.07, 6.45) is 7.82. The average molecular weight is 344 g/mol. The van der Waals surface area contributed by atoms with Gasteiger partial charge in [-0.05, 0) is 37.5 Å². The molecule has 7 heteroatoms. The molecule has 4 rings (SSSR count). The summed E-state index contributed by atoms with van der Waals surface area (Å²) in [5.74, 6) is 0.526. The van der Waals surface area contributed by atoms with E-state index in [1.165, 1.54) is 6.07 Å². The number of hydrogen-bond donors (Lipinski definition) is 0. The van der Waals surface area contributed by atoms with Crippen LogP contribution in [-0.4, -0.2) is 47.4 Å². The van der Waals surface area contributed by atoms with E-state index in [1.54, 1.807) is 24.8 Å². The fourth-order valence-corrected chi connectivity index (χ4v) is 3.86. The lowest BCUT2D eigenvalue weighted by atomic mass is 9.73. The van der Waals surface area contributed by atoms with Gasteiger partial charge in [0.2, 0.25) is 5.88 Å². The summed E-state index contributed by atoms with van der Waals surface area (Å²) in [5, 5.41) is 0. The molecule has 0 spiro atoms. The average Bonchev–Trinajstić information content (AvgIpc) is 2.67. The molecule has 132 valence electrons.